The zero-order valence-electron chi connectivity index (χ0n) is 10.5. The van der Waals surface area contributed by atoms with Crippen LogP contribution in [0.4, 0.5) is 4.39 Å². The first-order chi connectivity index (χ1) is 7.58. The number of halogens is 1. The monoisotopic (exact) mass is 223 g/mol. The highest BCUT2D eigenvalue weighted by Crippen LogP contribution is 2.24. The van der Waals surface area contributed by atoms with Crippen molar-refractivity contribution >= 4 is 0 Å². The van der Waals surface area contributed by atoms with Gasteiger partial charge in [0.2, 0.25) is 0 Å². The Morgan fingerprint density at radius 1 is 1.25 bits per heavy atom. The van der Waals surface area contributed by atoms with Crippen molar-refractivity contribution in [3.8, 4) is 0 Å². The molecule has 1 atom stereocenters. The molecule has 0 saturated heterocycles. The molecule has 2 N–H and O–H groups in total. The molecule has 16 heavy (non-hydrogen) atoms. The maximum Gasteiger partial charge on any atom is 0.126 e. The summed E-state index contributed by atoms with van der Waals surface area (Å²) in [6, 6.07) is 5.27. The van der Waals surface area contributed by atoms with Gasteiger partial charge in [-0.1, -0.05) is 38.8 Å². The predicted octanol–water partition coefficient (Wildman–Crippen LogP) is 3.96. The lowest BCUT2D eigenvalue weighted by Gasteiger charge is -2.18. The molecule has 1 rings (SSSR count). The second kappa shape index (κ2) is 6.00. The Hall–Kier alpha value is -0.890. The molecule has 0 aliphatic heterocycles. The number of hydrogen-bond donors (Lipinski definition) is 1. The van der Waals surface area contributed by atoms with Gasteiger partial charge in [0.15, 0.2) is 0 Å². The molecule has 0 bridgehead atoms. The molecular weight excluding hydrogens is 201 g/mol. The van der Waals surface area contributed by atoms with Crippen molar-refractivity contribution in [3.05, 3.63) is 35.1 Å². The molecule has 0 radical (unpaired) electrons. The van der Waals surface area contributed by atoms with Crippen LogP contribution in [0.2, 0.25) is 0 Å². The third kappa shape index (κ3) is 3.31. The Bertz CT molecular complexity index is 332. The van der Waals surface area contributed by atoms with E-state index in [2.05, 4.69) is 13.8 Å². The van der Waals surface area contributed by atoms with E-state index < -0.39 is 0 Å². The average Bonchev–Trinajstić information content (AvgIpc) is 2.29. The van der Waals surface area contributed by atoms with Crippen LogP contribution in [-0.4, -0.2) is 0 Å². The van der Waals surface area contributed by atoms with Gasteiger partial charge in [0.25, 0.3) is 0 Å². The fourth-order valence-corrected chi connectivity index (χ4v) is 1.96. The molecule has 0 aliphatic rings. The molecule has 1 unspecified atom stereocenters. The molecule has 0 aromatic heterocycles. The van der Waals surface area contributed by atoms with E-state index in [1.165, 1.54) is 0 Å². The summed E-state index contributed by atoms with van der Waals surface area (Å²) in [5.74, 6) is 0.483. The van der Waals surface area contributed by atoms with Gasteiger partial charge in [-0.2, -0.15) is 0 Å². The van der Waals surface area contributed by atoms with Gasteiger partial charge >= 0.3 is 0 Å². The Morgan fingerprint density at radius 3 is 2.38 bits per heavy atom. The van der Waals surface area contributed by atoms with Gasteiger partial charge in [0.1, 0.15) is 5.82 Å². The van der Waals surface area contributed by atoms with E-state index in [4.69, 9.17) is 5.73 Å². The summed E-state index contributed by atoms with van der Waals surface area (Å²) in [5.41, 5.74) is 7.69. The highest BCUT2D eigenvalue weighted by molar-refractivity contribution is 5.25. The summed E-state index contributed by atoms with van der Waals surface area (Å²) in [5, 5.41) is 0. The summed E-state index contributed by atoms with van der Waals surface area (Å²) in [6.07, 6.45) is 3.21. The first-order valence-electron chi connectivity index (χ1n) is 6.10. The van der Waals surface area contributed by atoms with Crippen molar-refractivity contribution in [2.24, 2.45) is 11.7 Å². The van der Waals surface area contributed by atoms with E-state index in [1.807, 2.05) is 6.07 Å². The summed E-state index contributed by atoms with van der Waals surface area (Å²) in [7, 11) is 0. The van der Waals surface area contributed by atoms with Gasteiger partial charge in [0.05, 0.1) is 0 Å². The van der Waals surface area contributed by atoms with Crippen LogP contribution < -0.4 is 5.73 Å². The zero-order valence-corrected chi connectivity index (χ0v) is 10.5. The normalized spacial score (nSPS) is 13.1. The smallest absolute Gasteiger partial charge is 0.126 e. The number of hydrogen-bond acceptors (Lipinski definition) is 1. The van der Waals surface area contributed by atoms with E-state index in [-0.39, 0.29) is 11.9 Å². The van der Waals surface area contributed by atoms with Crippen LogP contribution in [-0.2, 0) is 0 Å². The highest BCUT2D eigenvalue weighted by atomic mass is 19.1. The third-order valence-electron chi connectivity index (χ3n) is 3.37. The van der Waals surface area contributed by atoms with Crippen LogP contribution in [0.5, 0.6) is 0 Å². The van der Waals surface area contributed by atoms with E-state index in [9.17, 15) is 4.39 Å². The Labute approximate surface area is 97.9 Å². The topological polar surface area (TPSA) is 26.0 Å². The van der Waals surface area contributed by atoms with Crippen LogP contribution >= 0.6 is 0 Å². The summed E-state index contributed by atoms with van der Waals surface area (Å²) in [6.45, 7) is 6.12. The van der Waals surface area contributed by atoms with Crippen molar-refractivity contribution in [2.75, 3.05) is 0 Å². The minimum Gasteiger partial charge on any atom is -0.324 e. The van der Waals surface area contributed by atoms with E-state index >= 15 is 0 Å². The van der Waals surface area contributed by atoms with E-state index in [0.717, 1.165) is 24.8 Å². The fourth-order valence-electron chi connectivity index (χ4n) is 1.96. The van der Waals surface area contributed by atoms with Crippen LogP contribution in [0.25, 0.3) is 0 Å². The van der Waals surface area contributed by atoms with Crippen LogP contribution in [0.3, 0.4) is 0 Å². The highest BCUT2D eigenvalue weighted by Gasteiger charge is 2.13. The largest absolute Gasteiger partial charge is 0.324 e. The molecule has 0 fully saturated rings. The quantitative estimate of drug-likeness (QED) is 0.803. The second-order valence-corrected chi connectivity index (χ2v) is 4.53. The Balaban J connectivity index is 2.72. The molecule has 0 heterocycles. The Kier molecular flexibility index (Phi) is 4.94. The summed E-state index contributed by atoms with van der Waals surface area (Å²) < 4.78 is 13.4. The van der Waals surface area contributed by atoms with E-state index in [1.54, 1.807) is 19.1 Å². The lowest BCUT2D eigenvalue weighted by molar-refractivity contribution is 0.414. The lowest BCUT2D eigenvalue weighted by atomic mass is 9.91. The van der Waals surface area contributed by atoms with Crippen LogP contribution in [0.1, 0.15) is 50.3 Å². The second-order valence-electron chi connectivity index (χ2n) is 4.53. The lowest BCUT2D eigenvalue weighted by Crippen LogP contribution is -2.15. The van der Waals surface area contributed by atoms with Gasteiger partial charge in [-0.25, -0.2) is 4.39 Å². The first-order valence-corrected chi connectivity index (χ1v) is 6.10. The fraction of sp³-hybridized carbons (Fsp3) is 0.571. The van der Waals surface area contributed by atoms with Gasteiger partial charge in [-0.05, 0) is 36.5 Å². The van der Waals surface area contributed by atoms with Crippen molar-refractivity contribution in [1.82, 2.24) is 0 Å². The standard InChI is InChI=1S/C14H22FN/c1-4-11(5-2)8-14(16)12-7-6-10(3)13(15)9-12/h6-7,9,11,14H,4-5,8,16H2,1-3H3. The molecule has 0 aliphatic carbocycles. The molecule has 1 nitrogen and oxygen atoms in total. The predicted molar refractivity (Wildman–Crippen MR) is 66.8 cm³/mol. The molecule has 2 heteroatoms. The van der Waals surface area contributed by atoms with Gasteiger partial charge < -0.3 is 5.73 Å². The maximum absolute atomic E-state index is 13.4. The number of nitrogens with two attached hydrogens (primary N) is 1. The molecule has 1 aromatic carbocycles. The molecule has 90 valence electrons. The molecule has 0 amide bonds. The summed E-state index contributed by atoms with van der Waals surface area (Å²) >= 11 is 0. The maximum atomic E-state index is 13.4. The molecular formula is C14H22FN. The number of rotatable bonds is 5. The Morgan fingerprint density at radius 2 is 1.88 bits per heavy atom. The van der Waals surface area contributed by atoms with Crippen molar-refractivity contribution < 1.29 is 4.39 Å². The van der Waals surface area contributed by atoms with Crippen LogP contribution in [0, 0.1) is 18.7 Å². The first kappa shape index (κ1) is 13.2. The SMILES string of the molecule is CCC(CC)CC(N)c1ccc(C)c(F)c1. The summed E-state index contributed by atoms with van der Waals surface area (Å²) in [4.78, 5) is 0. The number of aryl methyl sites for hydroxylation is 1. The minimum absolute atomic E-state index is 0.0417. The van der Waals surface area contributed by atoms with E-state index in [0.29, 0.717) is 11.5 Å². The number of benzene rings is 1. The molecule has 1 aromatic rings. The van der Waals surface area contributed by atoms with Crippen molar-refractivity contribution in [2.45, 2.75) is 46.1 Å². The van der Waals surface area contributed by atoms with Crippen molar-refractivity contribution in [1.29, 1.82) is 0 Å². The minimum atomic E-state index is -0.155. The van der Waals surface area contributed by atoms with Gasteiger partial charge in [0, 0.05) is 6.04 Å². The van der Waals surface area contributed by atoms with Crippen LogP contribution in [0.15, 0.2) is 18.2 Å². The molecule has 0 spiro atoms. The zero-order chi connectivity index (χ0) is 12.1. The van der Waals surface area contributed by atoms with Gasteiger partial charge in [-0.15, -0.1) is 0 Å². The third-order valence-corrected chi connectivity index (χ3v) is 3.37. The van der Waals surface area contributed by atoms with Crippen molar-refractivity contribution in [3.63, 3.8) is 0 Å². The average molecular weight is 223 g/mol. The molecule has 0 saturated carbocycles. The van der Waals surface area contributed by atoms with Gasteiger partial charge in [-0.3, -0.25) is 0 Å².